The van der Waals surface area contributed by atoms with Crippen molar-refractivity contribution in [1.82, 2.24) is 25.5 Å². The molecule has 106 valence electrons. The van der Waals surface area contributed by atoms with Gasteiger partial charge in [-0.1, -0.05) is 6.92 Å². The van der Waals surface area contributed by atoms with E-state index in [2.05, 4.69) is 20.8 Å². The lowest BCUT2D eigenvalue weighted by Crippen LogP contribution is -2.29. The zero-order valence-corrected chi connectivity index (χ0v) is 11.5. The second-order valence-electron chi connectivity index (χ2n) is 4.30. The number of tetrazole rings is 1. The molecular formula is C11H13N5O3S. The molecule has 2 heterocycles. The number of nitrogens with zero attached hydrogens (tertiary/aromatic N) is 4. The Morgan fingerprint density at radius 2 is 2.35 bits per heavy atom. The molecule has 0 aliphatic heterocycles. The van der Waals surface area contributed by atoms with Gasteiger partial charge in [-0.25, -0.2) is 0 Å². The van der Waals surface area contributed by atoms with Crippen molar-refractivity contribution in [3.05, 3.63) is 22.7 Å². The molecule has 0 bridgehead atoms. The predicted molar refractivity (Wildman–Crippen MR) is 70.8 cm³/mol. The van der Waals surface area contributed by atoms with Crippen LogP contribution in [-0.2, 0) is 4.79 Å². The molecule has 1 amide bonds. The molecule has 2 aromatic heterocycles. The van der Waals surface area contributed by atoms with Gasteiger partial charge in [-0.2, -0.15) is 4.68 Å². The van der Waals surface area contributed by atoms with Gasteiger partial charge in [0.2, 0.25) is 0 Å². The highest BCUT2D eigenvalue weighted by Gasteiger charge is 2.16. The van der Waals surface area contributed by atoms with E-state index in [0.29, 0.717) is 17.1 Å². The Bertz CT molecular complexity index is 595. The fourth-order valence-electron chi connectivity index (χ4n) is 1.64. The quantitative estimate of drug-likeness (QED) is 0.806. The van der Waals surface area contributed by atoms with Crippen molar-refractivity contribution in [1.29, 1.82) is 0 Å². The third kappa shape index (κ3) is 3.38. The molecule has 0 fully saturated rings. The summed E-state index contributed by atoms with van der Waals surface area (Å²) in [4.78, 5) is 23.1. The summed E-state index contributed by atoms with van der Waals surface area (Å²) in [6.45, 7) is 2.07. The Morgan fingerprint density at radius 1 is 1.55 bits per heavy atom. The van der Waals surface area contributed by atoms with E-state index < -0.39 is 5.97 Å². The highest BCUT2D eigenvalue weighted by molar-refractivity contribution is 7.12. The molecule has 2 N–H and O–H groups in total. The summed E-state index contributed by atoms with van der Waals surface area (Å²) >= 11 is 1.28. The van der Waals surface area contributed by atoms with Gasteiger partial charge in [0, 0.05) is 13.0 Å². The third-order valence-corrected chi connectivity index (χ3v) is 3.48. The van der Waals surface area contributed by atoms with Crippen molar-refractivity contribution >= 4 is 23.2 Å². The van der Waals surface area contributed by atoms with E-state index in [9.17, 15) is 9.59 Å². The van der Waals surface area contributed by atoms with Crippen LogP contribution in [0.4, 0.5) is 0 Å². The van der Waals surface area contributed by atoms with Gasteiger partial charge in [-0.15, -0.1) is 16.4 Å². The van der Waals surface area contributed by atoms with E-state index in [4.69, 9.17) is 5.11 Å². The first-order chi connectivity index (χ1) is 9.58. The van der Waals surface area contributed by atoms with Crippen LogP contribution in [0.1, 0.15) is 23.0 Å². The van der Waals surface area contributed by atoms with Crippen molar-refractivity contribution in [2.75, 3.05) is 6.54 Å². The lowest BCUT2D eigenvalue weighted by Gasteiger charge is -2.10. The number of aliphatic carboxylic acids is 1. The summed E-state index contributed by atoms with van der Waals surface area (Å²) in [6.07, 6.45) is 1.43. The summed E-state index contributed by atoms with van der Waals surface area (Å²) in [5, 5.41) is 23.9. The number of hydrogen-bond donors (Lipinski definition) is 2. The molecule has 0 saturated heterocycles. The molecule has 0 aromatic carbocycles. The van der Waals surface area contributed by atoms with Crippen LogP contribution in [0.5, 0.6) is 0 Å². The molecule has 2 rings (SSSR count). The second kappa shape index (κ2) is 6.24. The van der Waals surface area contributed by atoms with Crippen molar-refractivity contribution < 1.29 is 14.7 Å². The van der Waals surface area contributed by atoms with Gasteiger partial charge >= 0.3 is 5.97 Å². The maximum absolute atomic E-state index is 12.1. The minimum atomic E-state index is -0.878. The van der Waals surface area contributed by atoms with Gasteiger partial charge in [-0.3, -0.25) is 9.59 Å². The third-order valence-electron chi connectivity index (χ3n) is 2.58. The van der Waals surface area contributed by atoms with E-state index in [1.54, 1.807) is 18.4 Å². The first-order valence-electron chi connectivity index (χ1n) is 5.88. The van der Waals surface area contributed by atoms with Crippen LogP contribution in [0.15, 0.2) is 17.8 Å². The lowest BCUT2D eigenvalue weighted by atomic mass is 10.1. The van der Waals surface area contributed by atoms with Gasteiger partial charge in [0.15, 0.2) is 0 Å². The Hall–Kier alpha value is -2.29. The molecule has 20 heavy (non-hydrogen) atoms. The zero-order valence-electron chi connectivity index (χ0n) is 10.7. The minimum Gasteiger partial charge on any atom is -0.481 e. The van der Waals surface area contributed by atoms with E-state index in [-0.39, 0.29) is 18.2 Å². The summed E-state index contributed by atoms with van der Waals surface area (Å²) in [5.74, 6) is -1.27. The first kappa shape index (κ1) is 14.1. The maximum Gasteiger partial charge on any atom is 0.303 e. The molecular weight excluding hydrogens is 282 g/mol. The SMILES string of the molecule is CC(CNC(=O)c1sccc1-n1cnnn1)CC(=O)O. The van der Waals surface area contributed by atoms with Gasteiger partial charge in [0.25, 0.3) is 5.91 Å². The number of hydrogen-bond acceptors (Lipinski definition) is 6. The normalized spacial score (nSPS) is 12.1. The number of rotatable bonds is 6. The van der Waals surface area contributed by atoms with Crippen LogP contribution in [0.3, 0.4) is 0 Å². The van der Waals surface area contributed by atoms with E-state index in [1.807, 2.05) is 0 Å². The topological polar surface area (TPSA) is 110 Å². The predicted octanol–water partition coefficient (Wildman–Crippen LogP) is 0.564. The number of nitrogens with one attached hydrogen (secondary N) is 1. The fourth-order valence-corrected chi connectivity index (χ4v) is 2.44. The number of carboxylic acids is 1. The average Bonchev–Trinajstić information content (AvgIpc) is 3.04. The summed E-state index contributed by atoms with van der Waals surface area (Å²) in [5.41, 5.74) is 0.600. The number of carboxylic acid groups (broad SMARTS) is 1. The Morgan fingerprint density at radius 3 is 3.00 bits per heavy atom. The smallest absolute Gasteiger partial charge is 0.303 e. The van der Waals surface area contributed by atoms with E-state index >= 15 is 0 Å². The van der Waals surface area contributed by atoms with Crippen molar-refractivity contribution in [2.45, 2.75) is 13.3 Å². The standard InChI is InChI=1S/C11H13N5O3S/c1-7(4-9(17)18)5-12-11(19)10-8(2-3-20-10)16-6-13-14-15-16/h2-3,6-7H,4-5H2,1H3,(H,12,19)(H,17,18). The molecule has 9 heteroatoms. The molecule has 2 aromatic rings. The highest BCUT2D eigenvalue weighted by Crippen LogP contribution is 2.19. The Kier molecular flexibility index (Phi) is 4.41. The summed E-state index contributed by atoms with van der Waals surface area (Å²) in [7, 11) is 0. The molecule has 0 aliphatic rings. The summed E-state index contributed by atoms with van der Waals surface area (Å²) in [6, 6.07) is 1.75. The van der Waals surface area contributed by atoms with Crippen LogP contribution in [0, 0.1) is 5.92 Å². The van der Waals surface area contributed by atoms with Crippen LogP contribution in [-0.4, -0.2) is 43.7 Å². The minimum absolute atomic E-state index is 0.0184. The van der Waals surface area contributed by atoms with Gasteiger partial charge < -0.3 is 10.4 Å². The first-order valence-corrected chi connectivity index (χ1v) is 6.76. The summed E-state index contributed by atoms with van der Waals surface area (Å²) < 4.78 is 1.41. The second-order valence-corrected chi connectivity index (χ2v) is 5.22. The Balaban J connectivity index is 2.00. The lowest BCUT2D eigenvalue weighted by molar-refractivity contribution is -0.137. The molecule has 0 radical (unpaired) electrons. The molecule has 0 aliphatic carbocycles. The van der Waals surface area contributed by atoms with Gasteiger partial charge in [0.1, 0.15) is 11.2 Å². The number of aromatic nitrogens is 4. The van der Waals surface area contributed by atoms with Crippen LogP contribution >= 0.6 is 11.3 Å². The van der Waals surface area contributed by atoms with E-state index in [0.717, 1.165) is 0 Å². The highest BCUT2D eigenvalue weighted by atomic mass is 32.1. The van der Waals surface area contributed by atoms with Crippen LogP contribution in [0.2, 0.25) is 0 Å². The molecule has 0 spiro atoms. The Labute approximate surface area is 118 Å². The van der Waals surface area contributed by atoms with Crippen molar-refractivity contribution in [3.8, 4) is 5.69 Å². The molecule has 0 saturated carbocycles. The monoisotopic (exact) mass is 295 g/mol. The van der Waals surface area contributed by atoms with Gasteiger partial charge in [-0.05, 0) is 27.8 Å². The maximum atomic E-state index is 12.1. The fraction of sp³-hybridized carbons (Fsp3) is 0.364. The number of carbonyl (C=O) groups excluding carboxylic acids is 1. The number of carbonyl (C=O) groups is 2. The molecule has 1 atom stereocenters. The van der Waals surface area contributed by atoms with Crippen LogP contribution < -0.4 is 5.32 Å². The molecule has 1 unspecified atom stereocenters. The van der Waals surface area contributed by atoms with Crippen LogP contribution in [0.25, 0.3) is 5.69 Å². The van der Waals surface area contributed by atoms with Crippen molar-refractivity contribution in [3.63, 3.8) is 0 Å². The average molecular weight is 295 g/mol. The number of thiophene rings is 1. The largest absolute Gasteiger partial charge is 0.481 e. The number of amides is 1. The van der Waals surface area contributed by atoms with E-state index in [1.165, 1.54) is 22.3 Å². The zero-order chi connectivity index (χ0) is 14.5. The van der Waals surface area contributed by atoms with Gasteiger partial charge in [0.05, 0.1) is 5.69 Å². The van der Waals surface area contributed by atoms with Crippen molar-refractivity contribution in [2.24, 2.45) is 5.92 Å². The molecule has 8 nitrogen and oxygen atoms in total.